The van der Waals surface area contributed by atoms with E-state index in [1.54, 1.807) is 6.20 Å². The monoisotopic (exact) mass is 277 g/mol. The fourth-order valence-electron chi connectivity index (χ4n) is 2.30. The number of nitrogens with zero attached hydrogens (tertiary/aromatic N) is 3. The average Bonchev–Trinajstić information content (AvgIpc) is 2.67. The zero-order valence-electron chi connectivity index (χ0n) is 12.2. The van der Waals surface area contributed by atoms with Gasteiger partial charge in [0.15, 0.2) is 5.82 Å². The van der Waals surface area contributed by atoms with E-state index in [0.717, 1.165) is 44.1 Å². The first kappa shape index (κ1) is 14.7. The first-order valence-electron chi connectivity index (χ1n) is 7.02. The van der Waals surface area contributed by atoms with E-state index in [9.17, 15) is 4.79 Å². The van der Waals surface area contributed by atoms with Gasteiger partial charge < -0.3 is 15.5 Å². The number of pyridine rings is 1. The number of amides is 1. The molecule has 0 radical (unpaired) electrons. The molecule has 1 amide bonds. The van der Waals surface area contributed by atoms with Crippen molar-refractivity contribution in [1.29, 1.82) is 0 Å². The van der Waals surface area contributed by atoms with E-state index < -0.39 is 0 Å². The summed E-state index contributed by atoms with van der Waals surface area (Å²) < 4.78 is 0. The van der Waals surface area contributed by atoms with E-state index in [4.69, 9.17) is 0 Å². The minimum atomic E-state index is 0.0167. The number of hydrogen-bond donors (Lipinski definition) is 2. The van der Waals surface area contributed by atoms with Crippen LogP contribution in [-0.2, 0) is 4.79 Å². The summed E-state index contributed by atoms with van der Waals surface area (Å²) in [5.74, 6) is 0.793. The molecule has 1 aliphatic rings. The fraction of sp³-hybridized carbons (Fsp3) is 0.571. The van der Waals surface area contributed by atoms with E-state index in [0.29, 0.717) is 6.54 Å². The molecule has 6 nitrogen and oxygen atoms in total. The number of rotatable bonds is 4. The van der Waals surface area contributed by atoms with Crippen LogP contribution in [0.15, 0.2) is 18.3 Å². The van der Waals surface area contributed by atoms with Gasteiger partial charge >= 0.3 is 0 Å². The van der Waals surface area contributed by atoms with Gasteiger partial charge in [-0.3, -0.25) is 9.69 Å². The molecule has 0 aromatic carbocycles. The Morgan fingerprint density at radius 2 is 2.30 bits per heavy atom. The van der Waals surface area contributed by atoms with Gasteiger partial charge in [0, 0.05) is 33.4 Å². The first-order chi connectivity index (χ1) is 9.66. The topological polar surface area (TPSA) is 60.5 Å². The van der Waals surface area contributed by atoms with Crippen molar-refractivity contribution in [2.45, 2.75) is 6.42 Å². The average molecular weight is 277 g/mol. The Morgan fingerprint density at radius 3 is 3.10 bits per heavy atom. The predicted molar refractivity (Wildman–Crippen MR) is 81.1 cm³/mol. The Bertz CT molecular complexity index is 441. The summed E-state index contributed by atoms with van der Waals surface area (Å²) in [7, 11) is 3.83. The van der Waals surface area contributed by atoms with E-state index in [1.807, 2.05) is 31.1 Å². The number of aromatic nitrogens is 1. The fourth-order valence-corrected chi connectivity index (χ4v) is 2.30. The largest absolute Gasteiger partial charge is 0.361 e. The van der Waals surface area contributed by atoms with Crippen LogP contribution in [0.2, 0.25) is 0 Å². The van der Waals surface area contributed by atoms with Gasteiger partial charge in [0.05, 0.1) is 12.2 Å². The molecule has 1 aliphatic heterocycles. The van der Waals surface area contributed by atoms with Crippen molar-refractivity contribution >= 4 is 17.4 Å². The zero-order chi connectivity index (χ0) is 14.4. The molecule has 1 aromatic rings. The third kappa shape index (κ3) is 4.18. The molecule has 1 aromatic heterocycles. The predicted octanol–water partition coefficient (Wildman–Crippen LogP) is 0.381. The van der Waals surface area contributed by atoms with E-state index in [1.165, 1.54) is 0 Å². The quantitative estimate of drug-likeness (QED) is 0.833. The molecule has 110 valence electrons. The maximum Gasteiger partial charge on any atom is 0.238 e. The molecule has 6 heteroatoms. The highest BCUT2D eigenvalue weighted by molar-refractivity contribution is 5.94. The summed E-state index contributed by atoms with van der Waals surface area (Å²) in [6.07, 6.45) is 2.81. The number of nitrogens with one attached hydrogen (secondary N) is 2. The maximum absolute atomic E-state index is 12.1. The second-order valence-corrected chi connectivity index (χ2v) is 5.20. The van der Waals surface area contributed by atoms with Crippen LogP contribution in [0.3, 0.4) is 0 Å². The Kier molecular flexibility index (Phi) is 5.31. The summed E-state index contributed by atoms with van der Waals surface area (Å²) >= 11 is 0. The van der Waals surface area contributed by atoms with Crippen molar-refractivity contribution in [3.05, 3.63) is 18.3 Å². The third-order valence-corrected chi connectivity index (χ3v) is 3.28. The first-order valence-corrected chi connectivity index (χ1v) is 7.02. The molecule has 2 rings (SSSR count). The minimum Gasteiger partial charge on any atom is -0.361 e. The molecule has 0 atom stereocenters. The molecule has 0 spiro atoms. The van der Waals surface area contributed by atoms with E-state index in [2.05, 4.69) is 20.5 Å². The minimum absolute atomic E-state index is 0.0167. The molecule has 20 heavy (non-hydrogen) atoms. The van der Waals surface area contributed by atoms with Gasteiger partial charge in [-0.15, -0.1) is 0 Å². The summed E-state index contributed by atoms with van der Waals surface area (Å²) in [6.45, 7) is 4.30. The van der Waals surface area contributed by atoms with Crippen molar-refractivity contribution in [1.82, 2.24) is 15.2 Å². The van der Waals surface area contributed by atoms with Crippen LogP contribution < -0.4 is 15.5 Å². The van der Waals surface area contributed by atoms with Gasteiger partial charge in [0.1, 0.15) is 0 Å². The van der Waals surface area contributed by atoms with E-state index >= 15 is 0 Å². The molecular formula is C14H23N5O. The summed E-state index contributed by atoms with van der Waals surface area (Å²) in [5, 5.41) is 6.29. The van der Waals surface area contributed by atoms with Crippen LogP contribution >= 0.6 is 0 Å². The van der Waals surface area contributed by atoms with Gasteiger partial charge in [-0.05, 0) is 31.6 Å². The molecule has 0 saturated carbocycles. The molecule has 0 unspecified atom stereocenters. The molecule has 1 saturated heterocycles. The smallest absolute Gasteiger partial charge is 0.238 e. The Labute approximate surface area is 120 Å². The van der Waals surface area contributed by atoms with Crippen LogP contribution in [0.5, 0.6) is 0 Å². The number of hydrogen-bond acceptors (Lipinski definition) is 5. The van der Waals surface area contributed by atoms with Crippen LogP contribution in [0, 0.1) is 0 Å². The van der Waals surface area contributed by atoms with Gasteiger partial charge in [-0.1, -0.05) is 0 Å². The highest BCUT2D eigenvalue weighted by Gasteiger charge is 2.14. The van der Waals surface area contributed by atoms with Gasteiger partial charge in [0.25, 0.3) is 0 Å². The lowest BCUT2D eigenvalue weighted by Gasteiger charge is -2.20. The summed E-state index contributed by atoms with van der Waals surface area (Å²) in [6, 6.07) is 3.71. The molecule has 0 aliphatic carbocycles. The molecule has 1 fully saturated rings. The Hall–Kier alpha value is -1.66. The Balaban J connectivity index is 1.94. The van der Waals surface area contributed by atoms with Crippen molar-refractivity contribution < 1.29 is 4.79 Å². The van der Waals surface area contributed by atoms with Gasteiger partial charge in [0.2, 0.25) is 5.91 Å². The normalized spacial score (nSPS) is 16.5. The van der Waals surface area contributed by atoms with Crippen LogP contribution in [-0.4, -0.2) is 62.6 Å². The zero-order valence-corrected chi connectivity index (χ0v) is 12.2. The third-order valence-electron chi connectivity index (χ3n) is 3.28. The van der Waals surface area contributed by atoms with Crippen LogP contribution in [0.1, 0.15) is 6.42 Å². The van der Waals surface area contributed by atoms with E-state index in [-0.39, 0.29) is 5.91 Å². The molecule has 0 bridgehead atoms. The second-order valence-electron chi connectivity index (χ2n) is 5.20. The lowest BCUT2D eigenvalue weighted by Crippen LogP contribution is -2.35. The maximum atomic E-state index is 12.1. The molecule has 2 heterocycles. The van der Waals surface area contributed by atoms with Crippen molar-refractivity contribution in [2.75, 3.05) is 57.0 Å². The highest BCUT2D eigenvalue weighted by Crippen LogP contribution is 2.20. The van der Waals surface area contributed by atoms with Crippen molar-refractivity contribution in [3.63, 3.8) is 0 Å². The lowest BCUT2D eigenvalue weighted by atomic mass is 10.3. The summed E-state index contributed by atoms with van der Waals surface area (Å²) in [4.78, 5) is 20.5. The van der Waals surface area contributed by atoms with Gasteiger partial charge in [-0.2, -0.15) is 0 Å². The molecular weight excluding hydrogens is 254 g/mol. The molecule has 2 N–H and O–H groups in total. The number of anilines is 2. The van der Waals surface area contributed by atoms with Crippen LogP contribution in [0.25, 0.3) is 0 Å². The van der Waals surface area contributed by atoms with Crippen molar-refractivity contribution in [3.8, 4) is 0 Å². The number of carbonyl (C=O) groups is 1. The second kappa shape index (κ2) is 7.21. The number of carbonyl (C=O) groups excluding carboxylic acids is 1. The van der Waals surface area contributed by atoms with Crippen molar-refractivity contribution in [2.24, 2.45) is 0 Å². The summed E-state index contributed by atoms with van der Waals surface area (Å²) in [5.41, 5.74) is 0.760. The SMILES string of the molecule is CN(C)c1ncccc1NC(=O)CN1CCCNCC1. The van der Waals surface area contributed by atoms with Crippen LogP contribution in [0.4, 0.5) is 11.5 Å². The van der Waals surface area contributed by atoms with Gasteiger partial charge in [-0.25, -0.2) is 4.98 Å². The Morgan fingerprint density at radius 1 is 1.45 bits per heavy atom. The lowest BCUT2D eigenvalue weighted by molar-refractivity contribution is -0.117. The standard InChI is InChI=1S/C14H23N5O/c1-18(2)14-12(5-3-7-16-14)17-13(20)11-19-9-4-6-15-8-10-19/h3,5,7,15H,4,6,8-11H2,1-2H3,(H,17,20). The highest BCUT2D eigenvalue weighted by atomic mass is 16.2.